The lowest BCUT2D eigenvalue weighted by molar-refractivity contribution is 0.449. The zero-order chi connectivity index (χ0) is 28.0. The molecular weight excluding hydrogens is 507 g/mol. The van der Waals surface area contributed by atoms with Crippen LogP contribution in [0.15, 0.2) is 35.3 Å². The van der Waals surface area contributed by atoms with E-state index in [-0.39, 0.29) is 28.9 Å². The number of nitrogens with zero attached hydrogens (tertiary/aromatic N) is 6. The Labute approximate surface area is 222 Å². The lowest BCUT2D eigenvalue weighted by Crippen LogP contribution is -2.50. The van der Waals surface area contributed by atoms with Crippen molar-refractivity contribution in [3.63, 3.8) is 0 Å². The number of benzene rings is 1. The first-order valence-corrected chi connectivity index (χ1v) is 12.6. The molecule has 1 unspecified atom stereocenters. The zero-order valence-corrected chi connectivity index (χ0v) is 21.9. The number of aryl methyl sites for hydroxylation is 1. The summed E-state index contributed by atoms with van der Waals surface area (Å²) in [4.78, 5) is 29.3. The molecule has 0 saturated carbocycles. The number of halogens is 3. The van der Waals surface area contributed by atoms with E-state index in [0.29, 0.717) is 42.2 Å². The quantitative estimate of drug-likeness (QED) is 0.389. The highest BCUT2D eigenvalue weighted by Crippen LogP contribution is 2.34. The van der Waals surface area contributed by atoms with Gasteiger partial charge in [0.1, 0.15) is 11.9 Å². The van der Waals surface area contributed by atoms with Crippen LogP contribution in [-0.2, 0) is 0 Å². The molecule has 4 heterocycles. The van der Waals surface area contributed by atoms with Crippen molar-refractivity contribution in [2.45, 2.75) is 39.7 Å². The van der Waals surface area contributed by atoms with Gasteiger partial charge in [-0.15, -0.1) is 0 Å². The van der Waals surface area contributed by atoms with Crippen LogP contribution >= 0.6 is 0 Å². The largest absolute Gasteiger partial charge is 0.355 e. The number of rotatable bonds is 4. The number of anilines is 1. The number of nitriles is 1. The van der Waals surface area contributed by atoms with Crippen LogP contribution in [0.25, 0.3) is 28.0 Å². The molecule has 0 amide bonds. The van der Waals surface area contributed by atoms with Crippen LogP contribution in [0, 0.1) is 35.7 Å². The summed E-state index contributed by atoms with van der Waals surface area (Å²) in [7, 11) is 0. The second-order valence-electron chi connectivity index (χ2n) is 9.91. The molecule has 0 radical (unpaired) electrons. The standard InChI is InChI=1S/C28H26F3N7O/c1-14(2)23-25(15(3)7-8-34-23)38-27-19(26(36-28(38)39)37-10-9-33-13-16(37)4)11-17(12-32)24(35-27)18-5-6-20(29)22(31)21(18)30/h5-8,11,14,16,33H,9-10,13H2,1-4H3. The molecular formula is C28H26F3N7O. The van der Waals surface area contributed by atoms with Crippen LogP contribution < -0.4 is 15.9 Å². The molecule has 1 N–H and O–H groups in total. The number of aromatic nitrogens is 4. The first kappa shape index (κ1) is 26.3. The van der Waals surface area contributed by atoms with Gasteiger partial charge in [-0.1, -0.05) is 13.8 Å². The summed E-state index contributed by atoms with van der Waals surface area (Å²) >= 11 is 0. The van der Waals surface area contributed by atoms with Crippen LogP contribution in [0.5, 0.6) is 0 Å². The van der Waals surface area contributed by atoms with E-state index in [0.717, 1.165) is 17.7 Å². The van der Waals surface area contributed by atoms with Crippen molar-refractivity contribution < 1.29 is 13.2 Å². The molecule has 1 aliphatic heterocycles. The van der Waals surface area contributed by atoms with Gasteiger partial charge in [-0.3, -0.25) is 4.98 Å². The highest BCUT2D eigenvalue weighted by Gasteiger charge is 2.28. The summed E-state index contributed by atoms with van der Waals surface area (Å²) in [6, 6.07) is 7.01. The first-order chi connectivity index (χ1) is 18.6. The van der Waals surface area contributed by atoms with Gasteiger partial charge in [0.15, 0.2) is 23.1 Å². The molecule has 1 fully saturated rings. The van der Waals surface area contributed by atoms with E-state index >= 15 is 0 Å². The Kier molecular flexibility index (Phi) is 6.82. The summed E-state index contributed by atoms with van der Waals surface area (Å²) in [5.74, 6) is -4.24. The maximum Gasteiger partial charge on any atom is 0.355 e. The number of fused-ring (bicyclic) bond motifs is 1. The average molecular weight is 534 g/mol. The van der Waals surface area contributed by atoms with Gasteiger partial charge in [-0.25, -0.2) is 27.5 Å². The molecule has 5 rings (SSSR count). The van der Waals surface area contributed by atoms with Crippen molar-refractivity contribution >= 4 is 16.9 Å². The maximum atomic E-state index is 15.0. The van der Waals surface area contributed by atoms with E-state index < -0.39 is 28.7 Å². The van der Waals surface area contributed by atoms with E-state index in [9.17, 15) is 23.2 Å². The minimum Gasteiger partial charge on any atom is -0.351 e. The topological polar surface area (TPSA) is 99.7 Å². The number of hydrogen-bond acceptors (Lipinski definition) is 7. The van der Waals surface area contributed by atoms with Crippen molar-refractivity contribution in [1.82, 2.24) is 24.8 Å². The highest BCUT2D eigenvalue weighted by atomic mass is 19.2. The summed E-state index contributed by atoms with van der Waals surface area (Å²) in [5, 5.41) is 13.7. The van der Waals surface area contributed by atoms with Gasteiger partial charge in [-0.05, 0) is 49.6 Å². The van der Waals surface area contributed by atoms with Crippen LogP contribution in [0.1, 0.15) is 43.5 Å². The molecule has 11 heteroatoms. The Morgan fingerprint density at radius 3 is 2.62 bits per heavy atom. The van der Waals surface area contributed by atoms with Crippen LogP contribution in [0.4, 0.5) is 19.0 Å². The van der Waals surface area contributed by atoms with Gasteiger partial charge in [-0.2, -0.15) is 10.2 Å². The SMILES string of the molecule is Cc1ccnc(C(C)C)c1-n1c(=O)nc(N2CCNCC2C)c2cc(C#N)c(-c3ccc(F)c(F)c3F)nc21. The van der Waals surface area contributed by atoms with Gasteiger partial charge < -0.3 is 10.2 Å². The van der Waals surface area contributed by atoms with E-state index in [1.54, 1.807) is 12.3 Å². The fourth-order valence-electron chi connectivity index (χ4n) is 4.99. The van der Waals surface area contributed by atoms with Crippen molar-refractivity contribution in [3.8, 4) is 23.0 Å². The molecule has 1 atom stereocenters. The smallest absolute Gasteiger partial charge is 0.351 e. The highest BCUT2D eigenvalue weighted by molar-refractivity contribution is 5.92. The number of hydrogen-bond donors (Lipinski definition) is 1. The van der Waals surface area contributed by atoms with Crippen molar-refractivity contribution in [1.29, 1.82) is 5.26 Å². The number of pyridine rings is 2. The molecule has 4 aromatic rings. The maximum absolute atomic E-state index is 15.0. The van der Waals surface area contributed by atoms with Crippen molar-refractivity contribution in [2.24, 2.45) is 0 Å². The van der Waals surface area contributed by atoms with Crippen molar-refractivity contribution in [2.75, 3.05) is 24.5 Å². The van der Waals surface area contributed by atoms with Gasteiger partial charge >= 0.3 is 5.69 Å². The van der Waals surface area contributed by atoms with Gasteiger partial charge in [0, 0.05) is 37.4 Å². The van der Waals surface area contributed by atoms with E-state index in [4.69, 9.17) is 0 Å². The zero-order valence-electron chi connectivity index (χ0n) is 21.9. The Balaban J connectivity index is 1.94. The second-order valence-corrected chi connectivity index (χ2v) is 9.91. The summed E-state index contributed by atoms with van der Waals surface area (Å²) in [6.45, 7) is 9.55. The van der Waals surface area contributed by atoms with E-state index in [2.05, 4.69) is 20.3 Å². The summed E-state index contributed by atoms with van der Waals surface area (Å²) in [5.41, 5.74) is 0.616. The molecule has 8 nitrogen and oxygen atoms in total. The molecule has 0 bridgehead atoms. The van der Waals surface area contributed by atoms with Crippen LogP contribution in [0.2, 0.25) is 0 Å². The molecule has 3 aromatic heterocycles. The van der Waals surface area contributed by atoms with Gasteiger partial charge in [0.25, 0.3) is 0 Å². The van der Waals surface area contributed by atoms with Crippen LogP contribution in [0.3, 0.4) is 0 Å². The molecule has 200 valence electrons. The fourth-order valence-corrected chi connectivity index (χ4v) is 4.99. The molecule has 1 aliphatic rings. The fraction of sp³-hybridized carbons (Fsp3) is 0.321. The van der Waals surface area contributed by atoms with E-state index in [1.165, 1.54) is 10.6 Å². The minimum atomic E-state index is -1.68. The monoisotopic (exact) mass is 533 g/mol. The Morgan fingerprint density at radius 1 is 1.15 bits per heavy atom. The second kappa shape index (κ2) is 10.1. The molecule has 39 heavy (non-hydrogen) atoms. The normalized spacial score (nSPS) is 15.7. The van der Waals surface area contributed by atoms with Crippen LogP contribution in [-0.4, -0.2) is 45.2 Å². The lowest BCUT2D eigenvalue weighted by atomic mass is 10.0. The summed E-state index contributed by atoms with van der Waals surface area (Å²) in [6.07, 6.45) is 1.65. The average Bonchev–Trinajstić information content (AvgIpc) is 2.91. The Hall–Kier alpha value is -4.30. The van der Waals surface area contributed by atoms with E-state index in [1.807, 2.05) is 38.7 Å². The minimum absolute atomic E-state index is 0.0232. The molecule has 0 aliphatic carbocycles. The third-order valence-corrected chi connectivity index (χ3v) is 6.96. The third kappa shape index (κ3) is 4.40. The third-order valence-electron chi connectivity index (χ3n) is 6.96. The Morgan fingerprint density at radius 2 is 1.92 bits per heavy atom. The Bertz CT molecular complexity index is 1710. The lowest BCUT2D eigenvalue weighted by Gasteiger charge is -2.35. The van der Waals surface area contributed by atoms with Gasteiger partial charge in [0.2, 0.25) is 0 Å². The molecule has 1 saturated heterocycles. The van der Waals surface area contributed by atoms with Gasteiger partial charge in [0.05, 0.1) is 28.0 Å². The molecule has 1 aromatic carbocycles. The van der Waals surface area contributed by atoms with Crippen molar-refractivity contribution in [3.05, 3.63) is 75.2 Å². The summed E-state index contributed by atoms with van der Waals surface area (Å²) < 4.78 is 44.2. The number of piperazine rings is 1. The number of nitrogens with one attached hydrogen (secondary N) is 1. The molecule has 0 spiro atoms. The first-order valence-electron chi connectivity index (χ1n) is 12.6. The predicted molar refractivity (Wildman–Crippen MR) is 141 cm³/mol. The predicted octanol–water partition coefficient (Wildman–Crippen LogP) is 4.36.